The van der Waals surface area contributed by atoms with Crippen LogP contribution in [0, 0.1) is 0 Å². The molecule has 0 aliphatic carbocycles. The van der Waals surface area contributed by atoms with Crippen LogP contribution in [-0.2, 0) is 16.1 Å². The minimum Gasteiger partial charge on any atom is -0.368 e. The minimum atomic E-state index is -0.415. The van der Waals surface area contributed by atoms with Gasteiger partial charge in [-0.05, 0) is 49.6 Å². The van der Waals surface area contributed by atoms with Gasteiger partial charge in [0.15, 0.2) is 0 Å². The number of hydrogen-bond donors (Lipinski definition) is 2. The van der Waals surface area contributed by atoms with Crippen LogP contribution in [0.25, 0.3) is 11.0 Å². The molecule has 7 nitrogen and oxygen atoms in total. The molecule has 29 heavy (non-hydrogen) atoms. The average Bonchev–Trinajstić information content (AvgIpc) is 3.38. The van der Waals surface area contributed by atoms with E-state index in [4.69, 9.17) is 4.74 Å². The molecule has 2 aromatic carbocycles. The van der Waals surface area contributed by atoms with Crippen LogP contribution in [0.3, 0.4) is 0 Å². The maximum Gasteiger partial charge on any atom is 0.258 e. The molecule has 1 saturated heterocycles. The van der Waals surface area contributed by atoms with E-state index in [1.165, 1.54) is 0 Å². The molecular formula is C22H24N4O3. The third kappa shape index (κ3) is 4.14. The lowest BCUT2D eigenvalue weighted by Gasteiger charge is -2.12. The Morgan fingerprint density at radius 3 is 2.83 bits per heavy atom. The standard InChI is InChI=1S/C22H24N4O3/c1-2-12-26-18-10-4-3-9-17(18)24-22(26)25-20(27)15-7-5-8-16(14-15)23-21(28)19-11-6-13-29-19/h3-5,7-10,14,19H,2,6,11-13H2,1H3,(H,23,28)(H,24,25,27). The van der Waals surface area contributed by atoms with Gasteiger partial charge in [0.05, 0.1) is 11.0 Å². The number of aromatic nitrogens is 2. The summed E-state index contributed by atoms with van der Waals surface area (Å²) in [4.78, 5) is 29.7. The molecule has 1 aliphatic rings. The number of imidazole rings is 1. The van der Waals surface area contributed by atoms with Crippen LogP contribution in [0.1, 0.15) is 36.5 Å². The lowest BCUT2D eigenvalue weighted by molar-refractivity contribution is -0.124. The zero-order valence-electron chi connectivity index (χ0n) is 16.4. The predicted molar refractivity (Wildman–Crippen MR) is 112 cm³/mol. The number of benzene rings is 2. The first-order chi connectivity index (χ1) is 14.2. The normalized spacial score (nSPS) is 16.1. The Hall–Kier alpha value is -3.19. The molecule has 1 aliphatic heterocycles. The predicted octanol–water partition coefficient (Wildman–Crippen LogP) is 3.82. The summed E-state index contributed by atoms with van der Waals surface area (Å²) in [7, 11) is 0. The topological polar surface area (TPSA) is 85.2 Å². The summed E-state index contributed by atoms with van der Waals surface area (Å²) < 4.78 is 7.42. The van der Waals surface area contributed by atoms with Crippen molar-refractivity contribution < 1.29 is 14.3 Å². The highest BCUT2D eigenvalue weighted by molar-refractivity contribution is 6.05. The SMILES string of the molecule is CCCn1c(NC(=O)c2cccc(NC(=O)C3CCCO3)c2)nc2ccccc21. The number of rotatable bonds is 6. The van der Waals surface area contributed by atoms with Crippen molar-refractivity contribution in [1.82, 2.24) is 9.55 Å². The Bertz CT molecular complexity index is 1040. The molecule has 1 atom stereocenters. The highest BCUT2D eigenvalue weighted by atomic mass is 16.5. The number of aryl methyl sites for hydroxylation is 1. The van der Waals surface area contributed by atoms with Gasteiger partial charge in [-0.15, -0.1) is 0 Å². The van der Waals surface area contributed by atoms with E-state index in [1.807, 2.05) is 28.8 Å². The summed E-state index contributed by atoms with van der Waals surface area (Å²) in [6, 6.07) is 14.7. The number of ether oxygens (including phenoxy) is 1. The van der Waals surface area contributed by atoms with Gasteiger partial charge in [-0.25, -0.2) is 4.98 Å². The van der Waals surface area contributed by atoms with Gasteiger partial charge < -0.3 is 14.6 Å². The van der Waals surface area contributed by atoms with Crippen molar-refractivity contribution in [1.29, 1.82) is 0 Å². The smallest absolute Gasteiger partial charge is 0.258 e. The number of nitrogens with zero attached hydrogens (tertiary/aromatic N) is 2. The molecule has 1 aromatic heterocycles. The lowest BCUT2D eigenvalue weighted by Crippen LogP contribution is -2.27. The molecule has 2 heterocycles. The Morgan fingerprint density at radius 1 is 1.17 bits per heavy atom. The molecule has 4 rings (SSSR count). The number of fused-ring (bicyclic) bond motifs is 1. The molecule has 2 amide bonds. The number of nitrogens with one attached hydrogen (secondary N) is 2. The first kappa shape index (κ1) is 19.1. The maximum absolute atomic E-state index is 12.8. The van der Waals surface area contributed by atoms with Crippen LogP contribution in [0.4, 0.5) is 11.6 Å². The van der Waals surface area contributed by atoms with Crippen LogP contribution in [0.2, 0.25) is 0 Å². The van der Waals surface area contributed by atoms with Gasteiger partial charge >= 0.3 is 0 Å². The van der Waals surface area contributed by atoms with Gasteiger partial charge in [-0.1, -0.05) is 25.1 Å². The molecule has 0 saturated carbocycles. The second kappa shape index (κ2) is 8.45. The summed E-state index contributed by atoms with van der Waals surface area (Å²) >= 11 is 0. The van der Waals surface area contributed by atoms with Crippen LogP contribution in [0.15, 0.2) is 48.5 Å². The second-order valence-corrected chi connectivity index (χ2v) is 7.10. The number of para-hydroxylation sites is 2. The first-order valence-electron chi connectivity index (χ1n) is 9.95. The van der Waals surface area contributed by atoms with E-state index in [0.717, 1.165) is 36.8 Å². The number of amides is 2. The molecule has 150 valence electrons. The average molecular weight is 392 g/mol. The van der Waals surface area contributed by atoms with E-state index >= 15 is 0 Å². The van der Waals surface area contributed by atoms with Crippen molar-refractivity contribution in [2.45, 2.75) is 38.8 Å². The number of anilines is 2. The Labute approximate surface area is 169 Å². The molecule has 0 bridgehead atoms. The molecule has 1 fully saturated rings. The number of carbonyl (C=O) groups is 2. The Kier molecular flexibility index (Phi) is 5.57. The van der Waals surface area contributed by atoms with Gasteiger partial charge in [-0.3, -0.25) is 14.9 Å². The zero-order chi connectivity index (χ0) is 20.2. The molecule has 3 aromatic rings. The Balaban J connectivity index is 1.52. The maximum atomic E-state index is 12.8. The largest absolute Gasteiger partial charge is 0.368 e. The summed E-state index contributed by atoms with van der Waals surface area (Å²) in [5.74, 6) is 0.0718. The molecule has 7 heteroatoms. The van der Waals surface area contributed by atoms with Crippen molar-refractivity contribution >= 4 is 34.5 Å². The minimum absolute atomic E-state index is 0.176. The third-order valence-corrected chi connectivity index (χ3v) is 4.94. The molecular weight excluding hydrogens is 368 g/mol. The van der Waals surface area contributed by atoms with Gasteiger partial charge in [0.1, 0.15) is 6.10 Å². The number of hydrogen-bond acceptors (Lipinski definition) is 4. The lowest BCUT2D eigenvalue weighted by atomic mass is 10.1. The van der Waals surface area contributed by atoms with E-state index in [9.17, 15) is 9.59 Å². The van der Waals surface area contributed by atoms with Crippen LogP contribution in [0.5, 0.6) is 0 Å². The van der Waals surface area contributed by atoms with E-state index in [1.54, 1.807) is 24.3 Å². The highest BCUT2D eigenvalue weighted by Crippen LogP contribution is 2.21. The fourth-order valence-corrected chi connectivity index (χ4v) is 3.54. The highest BCUT2D eigenvalue weighted by Gasteiger charge is 2.23. The molecule has 1 unspecified atom stereocenters. The molecule has 2 N–H and O–H groups in total. The van der Waals surface area contributed by atoms with Crippen molar-refractivity contribution in [3.63, 3.8) is 0 Å². The van der Waals surface area contributed by atoms with Gasteiger partial charge in [-0.2, -0.15) is 0 Å². The van der Waals surface area contributed by atoms with Crippen molar-refractivity contribution in [3.05, 3.63) is 54.1 Å². The number of carbonyl (C=O) groups excluding carboxylic acids is 2. The second-order valence-electron chi connectivity index (χ2n) is 7.10. The quantitative estimate of drug-likeness (QED) is 0.668. The van der Waals surface area contributed by atoms with Gasteiger partial charge in [0, 0.05) is 24.4 Å². The summed E-state index contributed by atoms with van der Waals surface area (Å²) in [5.41, 5.74) is 2.85. The molecule has 0 spiro atoms. The summed E-state index contributed by atoms with van der Waals surface area (Å²) in [6.45, 7) is 3.45. The molecule has 0 radical (unpaired) electrons. The van der Waals surface area contributed by atoms with Crippen molar-refractivity contribution in [3.8, 4) is 0 Å². The Morgan fingerprint density at radius 2 is 2.03 bits per heavy atom. The van der Waals surface area contributed by atoms with Gasteiger partial charge in [0.25, 0.3) is 11.8 Å². The van der Waals surface area contributed by atoms with Gasteiger partial charge in [0.2, 0.25) is 5.95 Å². The van der Waals surface area contributed by atoms with E-state index in [0.29, 0.717) is 23.8 Å². The van der Waals surface area contributed by atoms with E-state index < -0.39 is 6.10 Å². The first-order valence-corrected chi connectivity index (χ1v) is 9.95. The monoisotopic (exact) mass is 392 g/mol. The zero-order valence-corrected chi connectivity index (χ0v) is 16.4. The van der Waals surface area contributed by atoms with Crippen LogP contribution >= 0.6 is 0 Å². The van der Waals surface area contributed by atoms with Crippen LogP contribution < -0.4 is 10.6 Å². The fraction of sp³-hybridized carbons (Fsp3) is 0.318. The van der Waals surface area contributed by atoms with E-state index in [2.05, 4.69) is 22.5 Å². The van der Waals surface area contributed by atoms with Crippen LogP contribution in [-0.4, -0.2) is 34.1 Å². The van der Waals surface area contributed by atoms with Crippen molar-refractivity contribution in [2.75, 3.05) is 17.2 Å². The summed E-state index contributed by atoms with van der Waals surface area (Å²) in [5, 5.41) is 5.74. The third-order valence-electron chi connectivity index (χ3n) is 4.94. The van der Waals surface area contributed by atoms with Crippen molar-refractivity contribution in [2.24, 2.45) is 0 Å². The van der Waals surface area contributed by atoms with E-state index in [-0.39, 0.29) is 11.8 Å². The fourth-order valence-electron chi connectivity index (χ4n) is 3.54. The summed E-state index contributed by atoms with van der Waals surface area (Å²) in [6.07, 6.45) is 2.12.